The van der Waals surface area contributed by atoms with E-state index < -0.39 is 0 Å². The van der Waals surface area contributed by atoms with Gasteiger partial charge in [-0.05, 0) is 76.0 Å². The number of nitrogens with one attached hydrogen (secondary N) is 1. The molecule has 162 valence electrons. The van der Waals surface area contributed by atoms with Crippen molar-refractivity contribution in [1.82, 2.24) is 19.8 Å². The Morgan fingerprint density at radius 2 is 1.73 bits per heavy atom. The van der Waals surface area contributed by atoms with Crippen molar-refractivity contribution in [1.29, 1.82) is 0 Å². The van der Waals surface area contributed by atoms with Gasteiger partial charge in [-0.2, -0.15) is 0 Å². The SMILES string of the molecule is O=C(NCCCN1CCCCCC1)C1CCN(c2ccc(-n3cccc3)cn2)CC1. The summed E-state index contributed by atoms with van der Waals surface area (Å²) >= 11 is 0. The number of pyridine rings is 1. The molecule has 2 fully saturated rings. The number of amides is 1. The average Bonchev–Trinajstić information content (AvgIpc) is 3.21. The van der Waals surface area contributed by atoms with Crippen LogP contribution in [-0.4, -0.2) is 59.6 Å². The number of nitrogens with zero attached hydrogens (tertiary/aromatic N) is 4. The molecule has 2 aliphatic heterocycles. The molecule has 1 amide bonds. The van der Waals surface area contributed by atoms with Crippen molar-refractivity contribution in [2.45, 2.75) is 44.9 Å². The van der Waals surface area contributed by atoms with Gasteiger partial charge < -0.3 is 19.7 Å². The molecule has 0 unspecified atom stereocenters. The second-order valence-electron chi connectivity index (χ2n) is 8.63. The van der Waals surface area contributed by atoms with Gasteiger partial charge in [0.15, 0.2) is 0 Å². The Kier molecular flexibility index (Phi) is 7.40. The maximum Gasteiger partial charge on any atom is 0.223 e. The minimum absolute atomic E-state index is 0.138. The van der Waals surface area contributed by atoms with Gasteiger partial charge in [0.25, 0.3) is 0 Å². The predicted molar refractivity (Wildman–Crippen MR) is 121 cm³/mol. The largest absolute Gasteiger partial charge is 0.357 e. The molecule has 4 heterocycles. The zero-order valence-corrected chi connectivity index (χ0v) is 18.0. The van der Waals surface area contributed by atoms with E-state index >= 15 is 0 Å². The van der Waals surface area contributed by atoms with Gasteiger partial charge in [0, 0.05) is 37.9 Å². The zero-order valence-electron chi connectivity index (χ0n) is 18.0. The summed E-state index contributed by atoms with van der Waals surface area (Å²) in [5, 5.41) is 3.18. The maximum absolute atomic E-state index is 12.6. The average molecular weight is 410 g/mol. The van der Waals surface area contributed by atoms with Gasteiger partial charge in [0.1, 0.15) is 5.82 Å². The van der Waals surface area contributed by atoms with Crippen LogP contribution in [0.4, 0.5) is 5.82 Å². The zero-order chi connectivity index (χ0) is 20.6. The third-order valence-corrected chi connectivity index (χ3v) is 6.47. The van der Waals surface area contributed by atoms with Crippen LogP contribution in [0.5, 0.6) is 0 Å². The third kappa shape index (κ3) is 5.63. The Bertz CT molecular complexity index is 757. The van der Waals surface area contributed by atoms with Gasteiger partial charge in [0.2, 0.25) is 5.91 Å². The van der Waals surface area contributed by atoms with Crippen LogP contribution in [-0.2, 0) is 4.79 Å². The summed E-state index contributed by atoms with van der Waals surface area (Å²) in [7, 11) is 0. The van der Waals surface area contributed by atoms with E-state index in [2.05, 4.69) is 36.8 Å². The molecule has 30 heavy (non-hydrogen) atoms. The van der Waals surface area contributed by atoms with Crippen molar-refractivity contribution in [2.24, 2.45) is 5.92 Å². The summed E-state index contributed by atoms with van der Waals surface area (Å²) in [6, 6.07) is 8.21. The Hall–Kier alpha value is -2.34. The first kappa shape index (κ1) is 20.9. The van der Waals surface area contributed by atoms with Crippen LogP contribution in [0.1, 0.15) is 44.9 Å². The summed E-state index contributed by atoms with van der Waals surface area (Å²) < 4.78 is 2.06. The Morgan fingerprint density at radius 1 is 1.00 bits per heavy atom. The highest BCUT2D eigenvalue weighted by Crippen LogP contribution is 2.22. The standard InChI is InChI=1S/C24H35N5O/c30-24(25-12-7-15-27-13-3-1-2-4-14-27)21-10-18-29(19-11-21)23-9-8-22(20-26-23)28-16-5-6-17-28/h5-6,8-9,16-17,20-21H,1-4,7,10-15,18-19H2,(H,25,30). The van der Waals surface area contributed by atoms with E-state index in [9.17, 15) is 4.79 Å². The van der Waals surface area contributed by atoms with Gasteiger partial charge >= 0.3 is 0 Å². The number of aromatic nitrogens is 2. The minimum atomic E-state index is 0.138. The maximum atomic E-state index is 12.6. The molecular formula is C24H35N5O. The lowest BCUT2D eigenvalue weighted by atomic mass is 9.96. The highest BCUT2D eigenvalue weighted by Gasteiger charge is 2.25. The smallest absolute Gasteiger partial charge is 0.223 e. The molecule has 2 aliphatic rings. The number of hydrogen-bond donors (Lipinski definition) is 1. The van der Waals surface area contributed by atoms with Gasteiger partial charge in [-0.1, -0.05) is 12.8 Å². The molecule has 0 aromatic carbocycles. The second kappa shape index (κ2) is 10.6. The molecule has 0 atom stereocenters. The highest BCUT2D eigenvalue weighted by atomic mass is 16.1. The van der Waals surface area contributed by atoms with E-state index in [1.54, 1.807) is 0 Å². The van der Waals surface area contributed by atoms with E-state index in [1.165, 1.54) is 38.8 Å². The molecular weight excluding hydrogens is 374 g/mol. The first-order valence-electron chi connectivity index (χ1n) is 11.6. The first-order chi connectivity index (χ1) is 14.8. The quantitative estimate of drug-likeness (QED) is 0.712. The van der Waals surface area contributed by atoms with Crippen molar-refractivity contribution in [3.8, 4) is 5.69 Å². The molecule has 6 heteroatoms. The van der Waals surface area contributed by atoms with Crippen LogP contribution in [0.3, 0.4) is 0 Å². The lowest BCUT2D eigenvalue weighted by Crippen LogP contribution is -2.41. The number of anilines is 1. The molecule has 0 radical (unpaired) electrons. The van der Waals surface area contributed by atoms with Crippen molar-refractivity contribution < 1.29 is 4.79 Å². The van der Waals surface area contributed by atoms with Crippen LogP contribution in [0.25, 0.3) is 5.69 Å². The molecule has 2 aromatic heterocycles. The Balaban J connectivity index is 1.16. The van der Waals surface area contributed by atoms with Crippen LogP contribution in [0.2, 0.25) is 0 Å². The minimum Gasteiger partial charge on any atom is -0.357 e. The summed E-state index contributed by atoms with van der Waals surface area (Å²) in [4.78, 5) is 22.1. The topological polar surface area (TPSA) is 53.4 Å². The molecule has 2 aromatic rings. The van der Waals surface area contributed by atoms with Crippen LogP contribution in [0.15, 0.2) is 42.9 Å². The fourth-order valence-electron chi connectivity index (χ4n) is 4.61. The molecule has 2 saturated heterocycles. The molecule has 0 spiro atoms. The molecule has 0 saturated carbocycles. The van der Waals surface area contributed by atoms with Crippen molar-refractivity contribution >= 4 is 11.7 Å². The van der Waals surface area contributed by atoms with Crippen molar-refractivity contribution in [3.63, 3.8) is 0 Å². The molecule has 6 nitrogen and oxygen atoms in total. The molecule has 0 bridgehead atoms. The van der Waals surface area contributed by atoms with Gasteiger partial charge in [0.05, 0.1) is 11.9 Å². The normalized spacial score (nSPS) is 18.9. The van der Waals surface area contributed by atoms with Crippen molar-refractivity contribution in [2.75, 3.05) is 44.2 Å². The third-order valence-electron chi connectivity index (χ3n) is 6.47. The molecule has 1 N–H and O–H groups in total. The second-order valence-corrected chi connectivity index (χ2v) is 8.63. The van der Waals surface area contributed by atoms with Gasteiger partial charge in [-0.25, -0.2) is 4.98 Å². The molecule has 0 aliphatic carbocycles. The van der Waals surface area contributed by atoms with Gasteiger partial charge in [-0.15, -0.1) is 0 Å². The highest BCUT2D eigenvalue weighted by molar-refractivity contribution is 5.78. The number of hydrogen-bond acceptors (Lipinski definition) is 4. The fraction of sp³-hybridized carbons (Fsp3) is 0.583. The van der Waals surface area contributed by atoms with E-state index in [4.69, 9.17) is 0 Å². The number of piperidine rings is 1. The predicted octanol–water partition coefficient (Wildman–Crippen LogP) is 3.47. The van der Waals surface area contributed by atoms with Gasteiger partial charge in [-0.3, -0.25) is 4.79 Å². The van der Waals surface area contributed by atoms with E-state index in [0.29, 0.717) is 0 Å². The summed E-state index contributed by atoms with van der Waals surface area (Å²) in [6.07, 6.45) is 14.2. The van der Waals surface area contributed by atoms with E-state index in [1.807, 2.05) is 30.7 Å². The lowest BCUT2D eigenvalue weighted by molar-refractivity contribution is -0.125. The molecule has 4 rings (SSSR count). The van der Waals surface area contributed by atoms with Crippen molar-refractivity contribution in [3.05, 3.63) is 42.9 Å². The first-order valence-corrected chi connectivity index (χ1v) is 11.6. The number of likely N-dealkylation sites (tertiary alicyclic amines) is 1. The van der Waals surface area contributed by atoms with E-state index in [-0.39, 0.29) is 11.8 Å². The lowest BCUT2D eigenvalue weighted by Gasteiger charge is -2.32. The summed E-state index contributed by atoms with van der Waals surface area (Å²) in [5.41, 5.74) is 1.07. The number of rotatable bonds is 7. The number of carbonyl (C=O) groups is 1. The Morgan fingerprint density at radius 3 is 2.40 bits per heavy atom. The van der Waals surface area contributed by atoms with Crippen LogP contribution in [0, 0.1) is 5.92 Å². The Labute approximate surface area is 180 Å². The van der Waals surface area contributed by atoms with E-state index in [0.717, 1.165) is 56.9 Å². The summed E-state index contributed by atoms with van der Waals surface area (Å²) in [5.74, 6) is 1.38. The van der Waals surface area contributed by atoms with Crippen LogP contribution >= 0.6 is 0 Å². The monoisotopic (exact) mass is 409 g/mol. The van der Waals surface area contributed by atoms with Crippen LogP contribution < -0.4 is 10.2 Å². The fourth-order valence-corrected chi connectivity index (χ4v) is 4.61. The summed E-state index contributed by atoms with van der Waals surface area (Å²) in [6.45, 7) is 6.16. The number of carbonyl (C=O) groups excluding carboxylic acids is 1.